The van der Waals surface area contributed by atoms with Gasteiger partial charge in [0.05, 0.1) is 16.4 Å². The topological polar surface area (TPSA) is 130 Å². The Labute approximate surface area is 183 Å². The lowest BCUT2D eigenvalue weighted by molar-refractivity contribution is -0.383. The number of nitrogens with zero attached hydrogens (tertiary/aromatic N) is 1. The van der Waals surface area contributed by atoms with Crippen LogP contribution in [0.1, 0.15) is 0 Å². The molecule has 0 aliphatic heterocycles. The molecule has 160 valence electrons. The molecule has 1 amide bonds. The van der Waals surface area contributed by atoms with Crippen LogP contribution < -0.4 is 15.4 Å². The number of amides is 1. The zero-order chi connectivity index (χ0) is 22.4. The number of carbonyl (C=O) groups excluding carboxylic acids is 1. The van der Waals surface area contributed by atoms with Crippen molar-refractivity contribution in [3.63, 3.8) is 0 Å². The maximum Gasteiger partial charge on any atom is 0.292 e. The van der Waals surface area contributed by atoms with E-state index in [1.165, 1.54) is 54.6 Å². The molecule has 0 bridgehead atoms. The van der Waals surface area contributed by atoms with Gasteiger partial charge in [0.25, 0.3) is 15.7 Å². The van der Waals surface area contributed by atoms with E-state index in [0.717, 1.165) is 0 Å². The fourth-order valence-electron chi connectivity index (χ4n) is 2.64. The van der Waals surface area contributed by atoms with Crippen molar-refractivity contribution in [1.82, 2.24) is 0 Å². The lowest BCUT2D eigenvalue weighted by Gasteiger charge is -2.11. The van der Waals surface area contributed by atoms with Gasteiger partial charge in [0.2, 0.25) is 5.91 Å². The Morgan fingerprint density at radius 2 is 1.68 bits per heavy atom. The molecule has 0 saturated carbocycles. The van der Waals surface area contributed by atoms with Crippen molar-refractivity contribution in [3.8, 4) is 0 Å². The summed E-state index contributed by atoms with van der Waals surface area (Å²) in [5.41, 5.74) is 0.642. The summed E-state index contributed by atoms with van der Waals surface area (Å²) in [6.45, 7) is -0.245. The van der Waals surface area contributed by atoms with Crippen LogP contribution in [0.5, 0.6) is 0 Å². The van der Waals surface area contributed by atoms with Gasteiger partial charge in [0.1, 0.15) is 5.69 Å². The number of nitro benzene ring substituents is 1. The molecule has 0 radical (unpaired) electrons. The standard InChI is InChI=1S/C20H17ClN4O5S/c21-14-8-10-15(11-9-14)24-31(29,30)17-5-3-4-16(12-17)23-20(26)13-22-18-6-1-2-7-19(18)25(27)28/h1-12,22,24H,13H2,(H,23,26). The molecule has 0 spiro atoms. The van der Waals surface area contributed by atoms with Gasteiger partial charge in [-0.3, -0.25) is 19.6 Å². The molecular formula is C20H17ClN4O5S. The number of para-hydroxylation sites is 2. The molecule has 0 atom stereocenters. The smallest absolute Gasteiger partial charge is 0.292 e. The van der Waals surface area contributed by atoms with Gasteiger partial charge in [-0.05, 0) is 48.5 Å². The predicted octanol–water partition coefficient (Wildman–Crippen LogP) is 4.10. The van der Waals surface area contributed by atoms with E-state index in [2.05, 4.69) is 15.4 Å². The first-order valence-electron chi connectivity index (χ1n) is 8.90. The largest absolute Gasteiger partial charge is 0.371 e. The van der Waals surface area contributed by atoms with Crippen molar-refractivity contribution in [2.75, 3.05) is 21.9 Å². The third-order valence-electron chi connectivity index (χ3n) is 4.06. The highest BCUT2D eigenvalue weighted by Gasteiger charge is 2.16. The van der Waals surface area contributed by atoms with Crippen molar-refractivity contribution in [2.45, 2.75) is 4.90 Å². The van der Waals surface area contributed by atoms with Gasteiger partial charge < -0.3 is 10.6 Å². The quantitative estimate of drug-likeness (QED) is 0.342. The van der Waals surface area contributed by atoms with Crippen molar-refractivity contribution in [3.05, 3.63) is 87.9 Å². The number of nitro groups is 1. The summed E-state index contributed by atoms with van der Waals surface area (Å²) in [5, 5.41) is 16.8. The molecule has 0 saturated heterocycles. The Bertz CT molecular complexity index is 1220. The molecule has 0 unspecified atom stereocenters. The van der Waals surface area contributed by atoms with Gasteiger partial charge >= 0.3 is 0 Å². The van der Waals surface area contributed by atoms with Gasteiger partial charge in [-0.1, -0.05) is 29.8 Å². The van der Waals surface area contributed by atoms with Crippen LogP contribution in [-0.2, 0) is 14.8 Å². The number of hydrogen-bond donors (Lipinski definition) is 3. The Morgan fingerprint density at radius 1 is 0.968 bits per heavy atom. The number of anilines is 3. The van der Waals surface area contributed by atoms with Crippen molar-refractivity contribution in [1.29, 1.82) is 0 Å². The third-order valence-corrected chi connectivity index (χ3v) is 5.70. The number of sulfonamides is 1. The maximum atomic E-state index is 12.6. The summed E-state index contributed by atoms with van der Waals surface area (Å²) in [7, 11) is -3.89. The molecule has 11 heteroatoms. The number of rotatable bonds is 8. The fourth-order valence-corrected chi connectivity index (χ4v) is 3.87. The zero-order valence-electron chi connectivity index (χ0n) is 15.9. The minimum Gasteiger partial charge on any atom is -0.371 e. The summed E-state index contributed by atoms with van der Waals surface area (Å²) in [5.74, 6) is -0.502. The second kappa shape index (κ2) is 9.45. The van der Waals surface area contributed by atoms with Gasteiger partial charge in [0, 0.05) is 22.5 Å². The summed E-state index contributed by atoms with van der Waals surface area (Å²) in [6, 6.07) is 17.8. The highest BCUT2D eigenvalue weighted by atomic mass is 35.5. The number of nitrogens with one attached hydrogen (secondary N) is 3. The molecule has 0 aliphatic rings. The molecular weight excluding hydrogens is 444 g/mol. The van der Waals surface area contributed by atoms with Crippen LogP contribution in [0.2, 0.25) is 5.02 Å². The number of hydrogen-bond acceptors (Lipinski definition) is 6. The van der Waals surface area contributed by atoms with Crippen LogP contribution in [0.25, 0.3) is 0 Å². The molecule has 3 rings (SSSR count). The van der Waals surface area contributed by atoms with Crippen LogP contribution in [-0.4, -0.2) is 25.8 Å². The average molecular weight is 461 g/mol. The minimum atomic E-state index is -3.89. The maximum absolute atomic E-state index is 12.6. The van der Waals surface area contributed by atoms with E-state index in [-0.39, 0.29) is 28.5 Å². The van der Waals surface area contributed by atoms with Crippen LogP contribution in [0, 0.1) is 10.1 Å². The fraction of sp³-hybridized carbons (Fsp3) is 0.0500. The minimum absolute atomic E-state index is 0.0492. The second-order valence-electron chi connectivity index (χ2n) is 6.32. The molecule has 9 nitrogen and oxygen atoms in total. The molecule has 0 aliphatic carbocycles. The van der Waals surface area contributed by atoms with Gasteiger partial charge in [-0.2, -0.15) is 0 Å². The van der Waals surface area contributed by atoms with Crippen LogP contribution in [0.4, 0.5) is 22.7 Å². The Morgan fingerprint density at radius 3 is 2.39 bits per heavy atom. The lowest BCUT2D eigenvalue weighted by atomic mass is 10.2. The molecule has 0 heterocycles. The first-order chi connectivity index (χ1) is 14.7. The zero-order valence-corrected chi connectivity index (χ0v) is 17.5. The van der Waals surface area contributed by atoms with Crippen LogP contribution in [0.15, 0.2) is 77.7 Å². The van der Waals surface area contributed by atoms with Gasteiger partial charge in [-0.15, -0.1) is 0 Å². The normalized spacial score (nSPS) is 10.9. The van der Waals surface area contributed by atoms with Crippen molar-refractivity contribution >= 4 is 50.3 Å². The second-order valence-corrected chi connectivity index (χ2v) is 8.44. The Balaban J connectivity index is 1.67. The summed E-state index contributed by atoms with van der Waals surface area (Å²) in [6.07, 6.45) is 0. The van der Waals surface area contributed by atoms with E-state index in [9.17, 15) is 23.3 Å². The average Bonchev–Trinajstić information content (AvgIpc) is 2.74. The molecule has 3 aromatic rings. The highest BCUT2D eigenvalue weighted by Crippen LogP contribution is 2.23. The predicted molar refractivity (Wildman–Crippen MR) is 119 cm³/mol. The van der Waals surface area contributed by atoms with E-state index in [4.69, 9.17) is 11.6 Å². The van der Waals surface area contributed by atoms with Gasteiger partial charge in [0.15, 0.2) is 0 Å². The molecule has 31 heavy (non-hydrogen) atoms. The molecule has 0 aromatic heterocycles. The van der Waals surface area contributed by atoms with Crippen molar-refractivity contribution in [2.24, 2.45) is 0 Å². The van der Waals surface area contributed by atoms with Crippen LogP contribution in [0.3, 0.4) is 0 Å². The van der Waals surface area contributed by atoms with E-state index in [1.54, 1.807) is 18.2 Å². The van der Waals surface area contributed by atoms with E-state index in [1.807, 2.05) is 0 Å². The Hall–Kier alpha value is -3.63. The summed E-state index contributed by atoms with van der Waals surface area (Å²) >= 11 is 5.80. The van der Waals surface area contributed by atoms with Crippen molar-refractivity contribution < 1.29 is 18.1 Å². The summed E-state index contributed by atoms with van der Waals surface area (Å²) < 4.78 is 27.6. The van der Waals surface area contributed by atoms with E-state index in [0.29, 0.717) is 10.7 Å². The molecule has 0 fully saturated rings. The van der Waals surface area contributed by atoms with E-state index >= 15 is 0 Å². The first kappa shape index (κ1) is 22.1. The highest BCUT2D eigenvalue weighted by molar-refractivity contribution is 7.92. The van der Waals surface area contributed by atoms with Crippen LogP contribution >= 0.6 is 11.6 Å². The summed E-state index contributed by atoms with van der Waals surface area (Å²) in [4.78, 5) is 22.7. The lowest BCUT2D eigenvalue weighted by Crippen LogP contribution is -2.22. The molecule has 3 aromatic carbocycles. The third kappa shape index (κ3) is 5.93. The monoisotopic (exact) mass is 460 g/mol. The van der Waals surface area contributed by atoms with E-state index < -0.39 is 20.9 Å². The molecule has 3 N–H and O–H groups in total. The Kier molecular flexibility index (Phi) is 6.73. The first-order valence-corrected chi connectivity index (χ1v) is 10.8. The number of carbonyl (C=O) groups is 1. The van der Waals surface area contributed by atoms with Gasteiger partial charge in [-0.25, -0.2) is 8.42 Å². The number of benzene rings is 3. The SMILES string of the molecule is O=C(CNc1ccccc1[N+](=O)[O-])Nc1cccc(S(=O)(=O)Nc2ccc(Cl)cc2)c1. The number of halogens is 1.